The van der Waals surface area contributed by atoms with E-state index in [-0.39, 0.29) is 11.9 Å². The molecule has 1 N–H and O–H groups in total. The van der Waals surface area contributed by atoms with Crippen molar-refractivity contribution in [1.82, 2.24) is 5.32 Å². The molecule has 2 nitrogen and oxygen atoms in total. The molecule has 25 heavy (non-hydrogen) atoms. The Hall–Kier alpha value is -1.51. The predicted molar refractivity (Wildman–Crippen MR) is 104 cm³/mol. The highest BCUT2D eigenvalue weighted by molar-refractivity contribution is 6.35. The molecule has 4 heteroatoms. The van der Waals surface area contributed by atoms with Crippen LogP contribution in [0.5, 0.6) is 0 Å². The van der Waals surface area contributed by atoms with E-state index < -0.39 is 0 Å². The molecule has 0 saturated heterocycles. The van der Waals surface area contributed by atoms with E-state index in [0.29, 0.717) is 22.9 Å². The standard InChI is InChI=1S/C21H23Cl2NO/c1-14(17-7-6-15-4-2-3-5-18(15)12-17)24-21(25)11-9-16-8-10-19(22)13-20(16)23/h6-8,10,12-14H,2-5,9,11H2,1H3,(H,24,25)/t14-/m1/s1. The number of fused-ring (bicyclic) bond motifs is 1. The van der Waals surface area contributed by atoms with Gasteiger partial charge in [-0.25, -0.2) is 0 Å². The van der Waals surface area contributed by atoms with E-state index in [4.69, 9.17) is 23.2 Å². The number of amides is 1. The molecule has 1 amide bonds. The predicted octanol–water partition coefficient (Wildman–Crippen LogP) is 5.68. The van der Waals surface area contributed by atoms with Crippen LogP contribution in [-0.4, -0.2) is 5.91 Å². The van der Waals surface area contributed by atoms with E-state index in [9.17, 15) is 4.79 Å². The molecule has 0 unspecified atom stereocenters. The van der Waals surface area contributed by atoms with Gasteiger partial charge in [0.05, 0.1) is 6.04 Å². The van der Waals surface area contributed by atoms with Gasteiger partial charge in [-0.3, -0.25) is 4.79 Å². The first-order valence-corrected chi connectivity index (χ1v) is 9.63. The fraction of sp³-hybridized carbons (Fsp3) is 0.381. The third-order valence-corrected chi connectivity index (χ3v) is 5.47. The van der Waals surface area contributed by atoms with Crippen LogP contribution >= 0.6 is 23.2 Å². The Balaban J connectivity index is 1.57. The van der Waals surface area contributed by atoms with Gasteiger partial charge in [0.25, 0.3) is 0 Å². The second kappa shape index (κ2) is 8.25. The van der Waals surface area contributed by atoms with Crippen LogP contribution in [0.15, 0.2) is 36.4 Å². The molecule has 0 fully saturated rings. The normalized spacial score (nSPS) is 14.7. The molecule has 3 rings (SSSR count). The maximum Gasteiger partial charge on any atom is 0.220 e. The Morgan fingerprint density at radius 1 is 1.08 bits per heavy atom. The lowest BCUT2D eigenvalue weighted by Gasteiger charge is -2.20. The van der Waals surface area contributed by atoms with Gasteiger partial charge < -0.3 is 5.32 Å². The average Bonchev–Trinajstić information content (AvgIpc) is 2.60. The van der Waals surface area contributed by atoms with Gasteiger partial charge in [-0.1, -0.05) is 47.5 Å². The zero-order valence-electron chi connectivity index (χ0n) is 14.4. The van der Waals surface area contributed by atoms with Gasteiger partial charge in [-0.15, -0.1) is 0 Å². The molecule has 0 spiro atoms. The number of carbonyl (C=O) groups is 1. The minimum Gasteiger partial charge on any atom is -0.350 e. The fourth-order valence-electron chi connectivity index (χ4n) is 3.39. The number of hydrogen-bond donors (Lipinski definition) is 1. The van der Waals surface area contributed by atoms with Crippen molar-refractivity contribution in [3.05, 3.63) is 68.7 Å². The van der Waals surface area contributed by atoms with Gasteiger partial charge in [0.15, 0.2) is 0 Å². The van der Waals surface area contributed by atoms with E-state index in [2.05, 4.69) is 23.5 Å². The smallest absolute Gasteiger partial charge is 0.220 e. The summed E-state index contributed by atoms with van der Waals surface area (Å²) in [5.74, 6) is 0.0382. The maximum atomic E-state index is 12.3. The number of halogens is 2. The van der Waals surface area contributed by atoms with E-state index in [0.717, 1.165) is 12.0 Å². The lowest BCUT2D eigenvalue weighted by molar-refractivity contribution is -0.121. The van der Waals surface area contributed by atoms with Crippen LogP contribution in [0.3, 0.4) is 0 Å². The maximum absolute atomic E-state index is 12.3. The van der Waals surface area contributed by atoms with Crippen LogP contribution in [0.25, 0.3) is 0 Å². The molecule has 0 aromatic heterocycles. The Morgan fingerprint density at radius 3 is 2.60 bits per heavy atom. The summed E-state index contributed by atoms with van der Waals surface area (Å²) in [5.41, 5.74) is 5.03. The molecule has 2 aromatic rings. The molecule has 1 atom stereocenters. The monoisotopic (exact) mass is 375 g/mol. The van der Waals surface area contributed by atoms with Crippen LogP contribution in [0.2, 0.25) is 10.0 Å². The van der Waals surface area contributed by atoms with Crippen molar-refractivity contribution in [2.45, 2.75) is 51.5 Å². The van der Waals surface area contributed by atoms with Crippen LogP contribution < -0.4 is 5.32 Å². The van der Waals surface area contributed by atoms with Crippen LogP contribution in [0, 0.1) is 0 Å². The van der Waals surface area contributed by atoms with Crippen LogP contribution in [0.4, 0.5) is 0 Å². The molecular weight excluding hydrogens is 353 g/mol. The van der Waals surface area contributed by atoms with Gasteiger partial charge in [0.2, 0.25) is 5.91 Å². The number of nitrogens with one attached hydrogen (secondary N) is 1. The molecule has 0 saturated carbocycles. The van der Waals surface area contributed by atoms with Crippen molar-refractivity contribution in [2.75, 3.05) is 0 Å². The molecule has 0 bridgehead atoms. The lowest BCUT2D eigenvalue weighted by atomic mass is 9.89. The van der Waals surface area contributed by atoms with Crippen LogP contribution in [-0.2, 0) is 24.1 Å². The van der Waals surface area contributed by atoms with E-state index in [1.807, 2.05) is 13.0 Å². The highest BCUT2D eigenvalue weighted by Gasteiger charge is 2.14. The highest BCUT2D eigenvalue weighted by atomic mass is 35.5. The Kier molecular flexibility index (Phi) is 6.03. The minimum atomic E-state index is 0.0143. The SMILES string of the molecule is C[C@@H](NC(=O)CCc1ccc(Cl)cc1Cl)c1ccc2c(c1)CCCC2. The second-order valence-corrected chi connectivity index (χ2v) is 7.60. The summed E-state index contributed by atoms with van der Waals surface area (Å²) in [6.45, 7) is 2.04. The van der Waals surface area contributed by atoms with E-state index in [1.54, 1.807) is 12.1 Å². The average molecular weight is 376 g/mol. The highest BCUT2D eigenvalue weighted by Crippen LogP contribution is 2.25. The van der Waals surface area contributed by atoms with Crippen LogP contribution in [0.1, 0.15) is 54.5 Å². The summed E-state index contributed by atoms with van der Waals surface area (Å²) >= 11 is 12.1. The van der Waals surface area contributed by atoms with Gasteiger partial charge >= 0.3 is 0 Å². The third kappa shape index (κ3) is 4.77. The Bertz CT molecular complexity index is 772. The van der Waals surface area contributed by atoms with Crippen molar-refractivity contribution in [1.29, 1.82) is 0 Å². The van der Waals surface area contributed by atoms with Crippen molar-refractivity contribution in [2.24, 2.45) is 0 Å². The van der Waals surface area contributed by atoms with Crippen molar-refractivity contribution >= 4 is 29.1 Å². The van der Waals surface area contributed by atoms with Gasteiger partial charge in [0, 0.05) is 16.5 Å². The molecule has 0 aliphatic heterocycles. The van der Waals surface area contributed by atoms with Gasteiger partial charge in [-0.2, -0.15) is 0 Å². The zero-order chi connectivity index (χ0) is 17.8. The zero-order valence-corrected chi connectivity index (χ0v) is 16.0. The summed E-state index contributed by atoms with van der Waals surface area (Å²) in [7, 11) is 0. The molecule has 1 aliphatic carbocycles. The van der Waals surface area contributed by atoms with Gasteiger partial charge in [0.1, 0.15) is 0 Å². The molecule has 2 aromatic carbocycles. The second-order valence-electron chi connectivity index (χ2n) is 6.76. The van der Waals surface area contributed by atoms with Crippen molar-refractivity contribution in [3.63, 3.8) is 0 Å². The summed E-state index contributed by atoms with van der Waals surface area (Å²) in [6, 6.07) is 12.0. The first-order chi connectivity index (χ1) is 12.0. The van der Waals surface area contributed by atoms with E-state index >= 15 is 0 Å². The van der Waals surface area contributed by atoms with E-state index in [1.165, 1.54) is 36.0 Å². The first kappa shape index (κ1) is 18.3. The van der Waals surface area contributed by atoms with Crippen molar-refractivity contribution < 1.29 is 4.79 Å². The Labute approximate surface area is 159 Å². The molecule has 1 aliphatic rings. The quantitative estimate of drug-likeness (QED) is 0.714. The number of rotatable bonds is 5. The summed E-state index contributed by atoms with van der Waals surface area (Å²) < 4.78 is 0. The lowest BCUT2D eigenvalue weighted by Crippen LogP contribution is -2.27. The fourth-order valence-corrected chi connectivity index (χ4v) is 3.90. The minimum absolute atomic E-state index is 0.0143. The topological polar surface area (TPSA) is 29.1 Å². The molecule has 0 radical (unpaired) electrons. The third-order valence-electron chi connectivity index (χ3n) is 4.89. The first-order valence-electron chi connectivity index (χ1n) is 8.88. The Morgan fingerprint density at radius 2 is 1.84 bits per heavy atom. The van der Waals surface area contributed by atoms with Gasteiger partial charge in [-0.05, 0) is 73.4 Å². The van der Waals surface area contributed by atoms with Crippen molar-refractivity contribution in [3.8, 4) is 0 Å². The molecule has 0 heterocycles. The summed E-state index contributed by atoms with van der Waals surface area (Å²) in [5, 5.41) is 4.32. The largest absolute Gasteiger partial charge is 0.350 e. The summed E-state index contributed by atoms with van der Waals surface area (Å²) in [4.78, 5) is 12.3. The number of hydrogen-bond acceptors (Lipinski definition) is 1. The molecular formula is C21H23Cl2NO. The summed E-state index contributed by atoms with van der Waals surface area (Å²) in [6.07, 6.45) is 5.90. The number of carbonyl (C=O) groups excluding carboxylic acids is 1. The molecule has 132 valence electrons. The number of benzene rings is 2. The number of aryl methyl sites for hydroxylation is 3.